The monoisotopic (exact) mass is 296 g/mol. The molecule has 116 valence electrons. The molecule has 0 radical (unpaired) electrons. The zero-order chi connectivity index (χ0) is 15.4. The summed E-state index contributed by atoms with van der Waals surface area (Å²) in [6.45, 7) is 0.857. The number of hydrogen-bond donors (Lipinski definition) is 0. The molecule has 0 N–H and O–H groups in total. The van der Waals surface area contributed by atoms with E-state index in [1.165, 1.54) is 6.07 Å². The van der Waals surface area contributed by atoms with Gasteiger partial charge in [-0.15, -0.1) is 0 Å². The second-order valence-corrected chi connectivity index (χ2v) is 5.65. The standard InChI is InChI=1S/C14H20N2O5/c1-15(2)9-10-5-3-4-6-11(10)21-14(17)12-7-8-13(20-12)16(18)19/h7-8,10-11H,3-6,9H2,1-2H3/t10-,11-/m0/s1. The number of ether oxygens (including phenoxy) is 1. The van der Waals surface area contributed by atoms with E-state index >= 15 is 0 Å². The van der Waals surface area contributed by atoms with Gasteiger partial charge < -0.3 is 14.1 Å². The van der Waals surface area contributed by atoms with Crippen molar-refractivity contribution in [3.63, 3.8) is 0 Å². The molecule has 0 aromatic carbocycles. The first kappa shape index (κ1) is 15.5. The van der Waals surface area contributed by atoms with Crippen LogP contribution in [-0.2, 0) is 4.74 Å². The summed E-state index contributed by atoms with van der Waals surface area (Å²) in [6, 6.07) is 2.44. The molecule has 2 atom stereocenters. The van der Waals surface area contributed by atoms with Crippen LogP contribution in [0.3, 0.4) is 0 Å². The van der Waals surface area contributed by atoms with Crippen LogP contribution in [0, 0.1) is 16.0 Å². The lowest BCUT2D eigenvalue weighted by atomic mass is 9.86. The molecule has 0 aliphatic heterocycles. The summed E-state index contributed by atoms with van der Waals surface area (Å²) in [5, 5.41) is 10.6. The number of hydrogen-bond acceptors (Lipinski definition) is 6. The van der Waals surface area contributed by atoms with Crippen molar-refractivity contribution >= 4 is 11.9 Å². The first-order valence-electron chi connectivity index (χ1n) is 7.07. The Hall–Kier alpha value is -1.89. The number of nitrogens with zero attached hydrogens (tertiary/aromatic N) is 2. The number of carbonyl (C=O) groups is 1. The maximum atomic E-state index is 12.0. The van der Waals surface area contributed by atoms with E-state index in [0.717, 1.165) is 38.3 Å². The lowest BCUT2D eigenvalue weighted by Gasteiger charge is -2.32. The van der Waals surface area contributed by atoms with E-state index in [1.807, 2.05) is 14.1 Å². The van der Waals surface area contributed by atoms with Crippen molar-refractivity contribution in [2.75, 3.05) is 20.6 Å². The van der Waals surface area contributed by atoms with E-state index in [9.17, 15) is 14.9 Å². The quantitative estimate of drug-likeness (QED) is 0.471. The van der Waals surface area contributed by atoms with Gasteiger partial charge in [-0.25, -0.2) is 4.79 Å². The van der Waals surface area contributed by atoms with Gasteiger partial charge in [0.2, 0.25) is 5.76 Å². The van der Waals surface area contributed by atoms with Gasteiger partial charge in [-0.2, -0.15) is 0 Å². The first-order chi connectivity index (χ1) is 9.97. The van der Waals surface area contributed by atoms with E-state index in [4.69, 9.17) is 9.15 Å². The minimum absolute atomic E-state index is 0.115. The molecule has 2 rings (SSSR count). The van der Waals surface area contributed by atoms with E-state index in [2.05, 4.69) is 4.90 Å². The summed E-state index contributed by atoms with van der Waals surface area (Å²) >= 11 is 0. The summed E-state index contributed by atoms with van der Waals surface area (Å²) < 4.78 is 10.4. The van der Waals surface area contributed by atoms with Gasteiger partial charge in [0.15, 0.2) is 0 Å². The van der Waals surface area contributed by atoms with Gasteiger partial charge >= 0.3 is 11.9 Å². The molecule has 1 aromatic heterocycles. The van der Waals surface area contributed by atoms with E-state index < -0.39 is 16.8 Å². The van der Waals surface area contributed by atoms with Crippen LogP contribution < -0.4 is 0 Å². The second kappa shape index (κ2) is 6.71. The van der Waals surface area contributed by atoms with Crippen LogP contribution in [0.25, 0.3) is 0 Å². The Morgan fingerprint density at radius 1 is 1.43 bits per heavy atom. The molecule has 1 saturated carbocycles. The van der Waals surface area contributed by atoms with Crippen LogP contribution in [0.5, 0.6) is 0 Å². The summed E-state index contributed by atoms with van der Waals surface area (Å²) in [5.74, 6) is -0.896. The molecule has 7 heteroatoms. The topological polar surface area (TPSA) is 85.8 Å². The van der Waals surface area contributed by atoms with Gasteiger partial charge in [0, 0.05) is 12.5 Å². The number of esters is 1. The minimum Gasteiger partial charge on any atom is -0.456 e. The predicted octanol–water partition coefficient (Wildman–Crippen LogP) is 2.47. The molecular formula is C14H20N2O5. The average Bonchev–Trinajstić information content (AvgIpc) is 2.90. The Bertz CT molecular complexity index is 511. The number of carbonyl (C=O) groups excluding carboxylic acids is 1. The normalized spacial score (nSPS) is 22.2. The first-order valence-corrected chi connectivity index (χ1v) is 7.07. The molecule has 0 amide bonds. The van der Waals surface area contributed by atoms with E-state index in [-0.39, 0.29) is 11.9 Å². The lowest BCUT2D eigenvalue weighted by molar-refractivity contribution is -0.402. The molecule has 0 spiro atoms. The van der Waals surface area contributed by atoms with Gasteiger partial charge in [0.1, 0.15) is 11.0 Å². The van der Waals surface area contributed by atoms with Crippen LogP contribution in [0.1, 0.15) is 36.2 Å². The van der Waals surface area contributed by atoms with Gasteiger partial charge in [-0.3, -0.25) is 10.1 Å². The smallest absolute Gasteiger partial charge is 0.433 e. The highest BCUT2D eigenvalue weighted by molar-refractivity contribution is 5.86. The van der Waals surface area contributed by atoms with Crippen LogP contribution in [-0.4, -0.2) is 42.5 Å². The van der Waals surface area contributed by atoms with Crippen molar-refractivity contribution in [2.45, 2.75) is 31.8 Å². The molecule has 1 aliphatic rings. The van der Waals surface area contributed by atoms with Crippen molar-refractivity contribution in [2.24, 2.45) is 5.92 Å². The molecular weight excluding hydrogens is 276 g/mol. The predicted molar refractivity (Wildman–Crippen MR) is 75.1 cm³/mol. The highest BCUT2D eigenvalue weighted by atomic mass is 16.7. The van der Waals surface area contributed by atoms with Crippen LogP contribution >= 0.6 is 0 Å². The number of furan rings is 1. The maximum Gasteiger partial charge on any atom is 0.433 e. The molecule has 21 heavy (non-hydrogen) atoms. The third-order valence-electron chi connectivity index (χ3n) is 3.67. The molecule has 1 aromatic rings. The zero-order valence-electron chi connectivity index (χ0n) is 12.3. The molecule has 1 fully saturated rings. The fourth-order valence-electron chi connectivity index (χ4n) is 2.74. The third-order valence-corrected chi connectivity index (χ3v) is 3.67. The molecule has 1 heterocycles. The minimum atomic E-state index is -0.674. The van der Waals surface area contributed by atoms with Crippen LogP contribution in [0.15, 0.2) is 16.5 Å². The maximum absolute atomic E-state index is 12.0. The van der Waals surface area contributed by atoms with Gasteiger partial charge in [-0.1, -0.05) is 6.42 Å². The van der Waals surface area contributed by atoms with Crippen molar-refractivity contribution in [3.8, 4) is 0 Å². The van der Waals surface area contributed by atoms with Crippen molar-refractivity contribution in [1.29, 1.82) is 0 Å². The zero-order valence-corrected chi connectivity index (χ0v) is 12.3. The van der Waals surface area contributed by atoms with Crippen LogP contribution in [0.4, 0.5) is 5.88 Å². The Balaban J connectivity index is 2.00. The fourth-order valence-corrected chi connectivity index (χ4v) is 2.74. The van der Waals surface area contributed by atoms with Crippen molar-refractivity contribution in [3.05, 3.63) is 28.0 Å². The van der Waals surface area contributed by atoms with Gasteiger partial charge in [0.25, 0.3) is 0 Å². The number of nitro groups is 1. The Morgan fingerprint density at radius 2 is 2.14 bits per heavy atom. The molecule has 0 unspecified atom stereocenters. The van der Waals surface area contributed by atoms with E-state index in [0.29, 0.717) is 5.92 Å². The number of rotatable bonds is 5. The van der Waals surface area contributed by atoms with Crippen molar-refractivity contribution < 1.29 is 18.9 Å². The summed E-state index contributed by atoms with van der Waals surface area (Å²) in [5.41, 5.74) is 0. The van der Waals surface area contributed by atoms with Gasteiger partial charge in [-0.05, 0) is 39.4 Å². The second-order valence-electron chi connectivity index (χ2n) is 5.65. The molecule has 0 bridgehead atoms. The SMILES string of the molecule is CN(C)C[C@@H]1CCCC[C@@H]1OC(=O)c1ccc([N+](=O)[O-])o1. The Labute approximate surface area is 123 Å². The average molecular weight is 296 g/mol. The highest BCUT2D eigenvalue weighted by Gasteiger charge is 2.30. The lowest BCUT2D eigenvalue weighted by Crippen LogP contribution is -2.36. The third kappa shape index (κ3) is 4.04. The molecule has 0 saturated heterocycles. The molecule has 1 aliphatic carbocycles. The largest absolute Gasteiger partial charge is 0.456 e. The molecule has 7 nitrogen and oxygen atoms in total. The van der Waals surface area contributed by atoms with E-state index in [1.54, 1.807) is 0 Å². The Morgan fingerprint density at radius 3 is 2.76 bits per heavy atom. The highest BCUT2D eigenvalue weighted by Crippen LogP contribution is 2.28. The van der Waals surface area contributed by atoms with Crippen molar-refractivity contribution in [1.82, 2.24) is 4.90 Å². The summed E-state index contributed by atoms with van der Waals surface area (Å²) in [6.07, 6.45) is 3.86. The summed E-state index contributed by atoms with van der Waals surface area (Å²) in [4.78, 5) is 24.0. The fraction of sp³-hybridized carbons (Fsp3) is 0.643. The summed E-state index contributed by atoms with van der Waals surface area (Å²) in [7, 11) is 3.98. The van der Waals surface area contributed by atoms with Gasteiger partial charge in [0.05, 0.1) is 6.07 Å². The van der Waals surface area contributed by atoms with Crippen LogP contribution in [0.2, 0.25) is 0 Å². The Kier molecular flexibility index (Phi) is 4.95.